The molecule has 0 aromatic carbocycles. The van der Waals surface area contributed by atoms with Crippen molar-refractivity contribution in [2.24, 2.45) is 0 Å². The molecule has 220 valence electrons. The maximum Gasteiger partial charge on any atom is 0.309 e. The van der Waals surface area contributed by atoms with Crippen LogP contribution in [0, 0.1) is 0 Å². The van der Waals surface area contributed by atoms with Gasteiger partial charge in [0.2, 0.25) is 0 Å². The van der Waals surface area contributed by atoms with E-state index < -0.39 is 5.79 Å². The summed E-state index contributed by atoms with van der Waals surface area (Å²) in [5, 5.41) is 0. The van der Waals surface area contributed by atoms with Crippen LogP contribution >= 0.6 is 0 Å². The van der Waals surface area contributed by atoms with Crippen LogP contribution in [-0.2, 0) is 19.1 Å². The highest BCUT2D eigenvalue weighted by Gasteiger charge is 2.37. The molecule has 0 aliphatic carbocycles. The number of hydrogen-bond donors (Lipinski definition) is 0. The fourth-order valence-electron chi connectivity index (χ4n) is 4.94. The summed E-state index contributed by atoms with van der Waals surface area (Å²) in [6, 6.07) is 0. The van der Waals surface area contributed by atoms with Crippen LogP contribution in [-0.4, -0.2) is 17.7 Å². The first-order valence-corrected chi connectivity index (χ1v) is 16.5. The predicted octanol–water partition coefficient (Wildman–Crippen LogP) is 11.0. The van der Waals surface area contributed by atoms with Crippen molar-refractivity contribution in [2.45, 2.75) is 200 Å². The molecule has 0 aromatic heterocycles. The maximum atomic E-state index is 12.9. The number of esters is 2. The van der Waals surface area contributed by atoms with Crippen LogP contribution in [0.2, 0.25) is 0 Å². The van der Waals surface area contributed by atoms with E-state index in [1.54, 1.807) is 0 Å². The highest BCUT2D eigenvalue weighted by Crippen LogP contribution is 2.30. The maximum absolute atomic E-state index is 12.9. The van der Waals surface area contributed by atoms with Crippen LogP contribution in [0.3, 0.4) is 0 Å². The van der Waals surface area contributed by atoms with Crippen LogP contribution in [0.1, 0.15) is 195 Å². The van der Waals surface area contributed by atoms with E-state index in [-0.39, 0.29) is 11.9 Å². The summed E-state index contributed by atoms with van der Waals surface area (Å²) >= 11 is 0. The molecule has 4 nitrogen and oxygen atoms in total. The van der Waals surface area contributed by atoms with Crippen LogP contribution in [0.25, 0.3) is 0 Å². The van der Waals surface area contributed by atoms with Gasteiger partial charge < -0.3 is 9.47 Å². The summed E-state index contributed by atoms with van der Waals surface area (Å²) < 4.78 is 12.1. The Balaban J connectivity index is 4.87. The van der Waals surface area contributed by atoms with Gasteiger partial charge in [0, 0.05) is 25.7 Å². The zero-order valence-electron chi connectivity index (χ0n) is 25.5. The number of carbonyl (C=O) groups excluding carboxylic acids is 2. The van der Waals surface area contributed by atoms with Gasteiger partial charge in [0.05, 0.1) is 0 Å². The largest absolute Gasteiger partial charge is 0.422 e. The normalized spacial score (nSPS) is 11.6. The number of hydrogen-bond acceptors (Lipinski definition) is 4. The number of unbranched alkanes of at least 4 members (excludes halogenated alkanes) is 18. The van der Waals surface area contributed by atoms with Gasteiger partial charge in [-0.1, -0.05) is 143 Å². The lowest BCUT2D eigenvalue weighted by molar-refractivity contribution is -0.235. The summed E-state index contributed by atoms with van der Waals surface area (Å²) in [7, 11) is 0. The average Bonchev–Trinajstić information content (AvgIpc) is 2.88. The summed E-state index contributed by atoms with van der Waals surface area (Å²) in [6.45, 7) is 8.82. The second-order valence-corrected chi connectivity index (χ2v) is 11.2. The van der Waals surface area contributed by atoms with Crippen LogP contribution < -0.4 is 0 Å². The third-order valence-corrected chi connectivity index (χ3v) is 7.39. The summed E-state index contributed by atoms with van der Waals surface area (Å²) in [5.41, 5.74) is 0. The lowest BCUT2D eigenvalue weighted by atomic mass is 9.99. The highest BCUT2D eigenvalue weighted by molar-refractivity contribution is 5.72. The minimum atomic E-state index is -1.07. The molecule has 0 amide bonds. The first kappa shape index (κ1) is 35.9. The first-order chi connectivity index (χ1) is 18.0. The van der Waals surface area contributed by atoms with Crippen molar-refractivity contribution in [1.82, 2.24) is 0 Å². The monoisotopic (exact) mass is 524 g/mol. The molecule has 0 spiro atoms. The van der Waals surface area contributed by atoms with Gasteiger partial charge in [-0.3, -0.25) is 9.59 Å². The molecule has 0 bridgehead atoms. The molecular weight excluding hydrogens is 460 g/mol. The quantitative estimate of drug-likeness (QED) is 0.0580. The minimum Gasteiger partial charge on any atom is -0.422 e. The topological polar surface area (TPSA) is 52.6 Å². The van der Waals surface area contributed by atoms with Gasteiger partial charge in [0.1, 0.15) is 0 Å². The van der Waals surface area contributed by atoms with Crippen molar-refractivity contribution >= 4 is 11.9 Å². The van der Waals surface area contributed by atoms with Crippen molar-refractivity contribution in [3.05, 3.63) is 0 Å². The Bertz CT molecular complexity index is 484. The van der Waals surface area contributed by atoms with E-state index in [4.69, 9.17) is 9.47 Å². The second-order valence-electron chi connectivity index (χ2n) is 11.2. The number of ether oxygens (including phenoxy) is 2. The molecule has 0 aromatic rings. The van der Waals surface area contributed by atoms with Crippen molar-refractivity contribution in [3.8, 4) is 0 Å². The molecule has 4 heteroatoms. The van der Waals surface area contributed by atoms with E-state index in [0.29, 0.717) is 25.7 Å². The zero-order valence-corrected chi connectivity index (χ0v) is 25.5. The van der Waals surface area contributed by atoms with Gasteiger partial charge in [-0.25, -0.2) is 0 Å². The molecule has 0 radical (unpaired) electrons. The van der Waals surface area contributed by atoms with Crippen molar-refractivity contribution in [2.75, 3.05) is 0 Å². The van der Waals surface area contributed by atoms with E-state index in [2.05, 4.69) is 27.7 Å². The standard InChI is InChI=1S/C33H64O4/c1-5-9-13-16-19-21-24-27-31(34)36-33(29-12-8-4,30-26-23-18-15-11-7-3)37-32(35)28-25-22-20-17-14-10-6-2/h5-30H2,1-4H3. The van der Waals surface area contributed by atoms with Crippen molar-refractivity contribution < 1.29 is 19.1 Å². The predicted molar refractivity (Wildman–Crippen MR) is 158 cm³/mol. The Kier molecular flexibility index (Phi) is 25.8. The van der Waals surface area contributed by atoms with Crippen LogP contribution in [0.5, 0.6) is 0 Å². The second kappa shape index (κ2) is 26.5. The fourth-order valence-corrected chi connectivity index (χ4v) is 4.94. The molecule has 0 saturated carbocycles. The Morgan fingerprint density at radius 2 is 0.703 bits per heavy atom. The lowest BCUT2D eigenvalue weighted by Gasteiger charge is -2.33. The van der Waals surface area contributed by atoms with Gasteiger partial charge in [0.15, 0.2) is 0 Å². The van der Waals surface area contributed by atoms with E-state index >= 15 is 0 Å². The summed E-state index contributed by atoms with van der Waals surface area (Å²) in [5.74, 6) is -1.46. The summed E-state index contributed by atoms with van der Waals surface area (Å²) in [6.07, 6.45) is 27.3. The molecule has 0 unspecified atom stereocenters. The molecular formula is C33H64O4. The number of rotatable bonds is 28. The first-order valence-electron chi connectivity index (χ1n) is 16.5. The highest BCUT2D eigenvalue weighted by atomic mass is 16.7. The van der Waals surface area contributed by atoms with Crippen molar-refractivity contribution in [1.29, 1.82) is 0 Å². The third kappa shape index (κ3) is 22.6. The van der Waals surface area contributed by atoms with E-state index in [0.717, 1.165) is 51.4 Å². The molecule has 0 fully saturated rings. The third-order valence-electron chi connectivity index (χ3n) is 7.39. The van der Waals surface area contributed by atoms with Gasteiger partial charge in [-0.15, -0.1) is 0 Å². The van der Waals surface area contributed by atoms with Gasteiger partial charge in [-0.05, 0) is 25.7 Å². The summed E-state index contributed by atoms with van der Waals surface area (Å²) in [4.78, 5) is 25.8. The molecule has 37 heavy (non-hydrogen) atoms. The zero-order chi connectivity index (χ0) is 27.5. The van der Waals surface area contributed by atoms with E-state index in [1.807, 2.05) is 0 Å². The lowest BCUT2D eigenvalue weighted by Crippen LogP contribution is -2.40. The Morgan fingerprint density at radius 3 is 1.08 bits per heavy atom. The Morgan fingerprint density at radius 1 is 0.405 bits per heavy atom. The Hall–Kier alpha value is -1.06. The average molecular weight is 525 g/mol. The minimum absolute atomic E-state index is 0.195. The van der Waals surface area contributed by atoms with Crippen molar-refractivity contribution in [3.63, 3.8) is 0 Å². The van der Waals surface area contributed by atoms with Crippen LogP contribution in [0.4, 0.5) is 0 Å². The molecule has 0 N–H and O–H groups in total. The van der Waals surface area contributed by atoms with Crippen LogP contribution in [0.15, 0.2) is 0 Å². The molecule has 0 aliphatic heterocycles. The fraction of sp³-hybridized carbons (Fsp3) is 0.939. The molecule has 0 aliphatic rings. The van der Waals surface area contributed by atoms with E-state index in [9.17, 15) is 9.59 Å². The molecule has 0 atom stereocenters. The molecule has 0 saturated heterocycles. The molecule has 0 heterocycles. The number of carbonyl (C=O) groups is 2. The van der Waals surface area contributed by atoms with Gasteiger partial charge in [0.25, 0.3) is 5.79 Å². The van der Waals surface area contributed by atoms with Gasteiger partial charge >= 0.3 is 11.9 Å². The van der Waals surface area contributed by atoms with E-state index in [1.165, 1.54) is 89.9 Å². The molecule has 0 rings (SSSR count). The smallest absolute Gasteiger partial charge is 0.309 e. The SMILES string of the molecule is CCCCCCCCCC(=O)OC(CCCC)(CCCCCCCC)OC(=O)CCCCCCCCC. The Labute approximate surface area is 231 Å². The van der Waals surface area contributed by atoms with Gasteiger partial charge in [-0.2, -0.15) is 0 Å².